The molecule has 1 heterocycles. The van der Waals surface area contributed by atoms with Crippen molar-refractivity contribution in [2.24, 2.45) is 11.8 Å². The summed E-state index contributed by atoms with van der Waals surface area (Å²) in [7, 11) is 0. The molecule has 2 heteroatoms. The third-order valence-corrected chi connectivity index (χ3v) is 4.48. The fourth-order valence-corrected chi connectivity index (χ4v) is 3.14. The van der Waals surface area contributed by atoms with Crippen LogP contribution < -0.4 is 0 Å². The van der Waals surface area contributed by atoms with Gasteiger partial charge in [-0.1, -0.05) is 34.1 Å². The highest BCUT2D eigenvalue weighted by molar-refractivity contribution is 9.10. The molecule has 1 aromatic rings. The Labute approximate surface area is 99.6 Å². The van der Waals surface area contributed by atoms with E-state index in [1.165, 1.54) is 42.5 Å². The smallest absolute Gasteiger partial charge is 0.0207 e. The molecule has 1 saturated heterocycles. The van der Waals surface area contributed by atoms with Gasteiger partial charge in [-0.05, 0) is 36.3 Å². The molecule has 1 aromatic carbocycles. The standard InChI is InChI=1S/C13H16BrN/c14-13-4-2-1-3-10(13)5-6-15-8-11-7-12(11)9-15/h1-4,11-12H,5-9H2. The van der Waals surface area contributed by atoms with Gasteiger partial charge in [0, 0.05) is 24.1 Å². The van der Waals surface area contributed by atoms with Crippen molar-refractivity contribution >= 4 is 15.9 Å². The lowest BCUT2D eigenvalue weighted by molar-refractivity contribution is 0.309. The van der Waals surface area contributed by atoms with Crippen molar-refractivity contribution in [3.05, 3.63) is 34.3 Å². The SMILES string of the molecule is Brc1ccccc1CCN1CC2CC2C1. The van der Waals surface area contributed by atoms with E-state index in [1.54, 1.807) is 0 Å². The lowest BCUT2D eigenvalue weighted by atomic mass is 10.1. The van der Waals surface area contributed by atoms with E-state index in [2.05, 4.69) is 45.1 Å². The lowest BCUT2D eigenvalue weighted by Gasteiger charge is -2.17. The summed E-state index contributed by atoms with van der Waals surface area (Å²) < 4.78 is 1.26. The second kappa shape index (κ2) is 3.91. The van der Waals surface area contributed by atoms with Crippen molar-refractivity contribution in [1.82, 2.24) is 4.90 Å². The number of nitrogens with zero attached hydrogens (tertiary/aromatic N) is 1. The quantitative estimate of drug-likeness (QED) is 0.813. The van der Waals surface area contributed by atoms with Gasteiger partial charge in [0.1, 0.15) is 0 Å². The van der Waals surface area contributed by atoms with Crippen LogP contribution in [-0.2, 0) is 6.42 Å². The van der Waals surface area contributed by atoms with Crippen LogP contribution in [0.5, 0.6) is 0 Å². The second-order valence-electron chi connectivity index (χ2n) is 4.86. The molecule has 0 radical (unpaired) electrons. The highest BCUT2D eigenvalue weighted by Gasteiger charge is 2.44. The predicted octanol–water partition coefficient (Wildman–Crippen LogP) is 2.94. The molecule has 2 atom stereocenters. The Hall–Kier alpha value is -0.340. The minimum Gasteiger partial charge on any atom is -0.302 e. The Balaban J connectivity index is 1.55. The molecule has 2 aliphatic rings. The van der Waals surface area contributed by atoms with Gasteiger partial charge in [0.25, 0.3) is 0 Å². The summed E-state index contributed by atoms with van der Waals surface area (Å²) in [5.41, 5.74) is 1.44. The molecule has 1 aliphatic carbocycles. The maximum absolute atomic E-state index is 3.61. The summed E-state index contributed by atoms with van der Waals surface area (Å²) in [6.45, 7) is 3.94. The number of rotatable bonds is 3. The van der Waals surface area contributed by atoms with Crippen LogP contribution in [0.25, 0.3) is 0 Å². The monoisotopic (exact) mass is 265 g/mol. The van der Waals surface area contributed by atoms with Crippen LogP contribution in [0, 0.1) is 11.8 Å². The third kappa shape index (κ3) is 2.11. The maximum Gasteiger partial charge on any atom is 0.0207 e. The van der Waals surface area contributed by atoms with Crippen LogP contribution in [0.1, 0.15) is 12.0 Å². The van der Waals surface area contributed by atoms with E-state index < -0.39 is 0 Å². The van der Waals surface area contributed by atoms with Crippen molar-refractivity contribution in [3.8, 4) is 0 Å². The van der Waals surface area contributed by atoms with Gasteiger partial charge < -0.3 is 4.90 Å². The van der Waals surface area contributed by atoms with E-state index >= 15 is 0 Å². The number of hydrogen-bond donors (Lipinski definition) is 0. The number of halogens is 1. The van der Waals surface area contributed by atoms with Crippen molar-refractivity contribution in [2.75, 3.05) is 19.6 Å². The largest absolute Gasteiger partial charge is 0.302 e. The number of hydrogen-bond acceptors (Lipinski definition) is 1. The molecule has 0 aromatic heterocycles. The summed E-state index contributed by atoms with van der Waals surface area (Å²) in [4.78, 5) is 2.62. The predicted molar refractivity (Wildman–Crippen MR) is 65.9 cm³/mol. The van der Waals surface area contributed by atoms with E-state index in [0.717, 1.165) is 11.8 Å². The molecule has 0 spiro atoms. The molecule has 1 aliphatic heterocycles. The molecule has 2 unspecified atom stereocenters. The number of likely N-dealkylation sites (tertiary alicyclic amines) is 1. The van der Waals surface area contributed by atoms with Gasteiger partial charge >= 0.3 is 0 Å². The average molecular weight is 266 g/mol. The van der Waals surface area contributed by atoms with Crippen molar-refractivity contribution in [1.29, 1.82) is 0 Å². The number of benzene rings is 1. The van der Waals surface area contributed by atoms with Crippen LogP contribution in [0.2, 0.25) is 0 Å². The van der Waals surface area contributed by atoms with E-state index in [-0.39, 0.29) is 0 Å². The minimum atomic E-state index is 1.06. The average Bonchev–Trinajstić information content (AvgIpc) is 2.85. The van der Waals surface area contributed by atoms with E-state index in [0.29, 0.717) is 0 Å². The normalized spacial score (nSPS) is 29.1. The lowest BCUT2D eigenvalue weighted by Crippen LogP contribution is -2.25. The number of piperidine rings is 1. The van der Waals surface area contributed by atoms with Crippen molar-refractivity contribution in [3.63, 3.8) is 0 Å². The highest BCUT2D eigenvalue weighted by Crippen LogP contribution is 2.44. The first-order valence-corrected chi connectivity index (χ1v) is 6.58. The topological polar surface area (TPSA) is 3.24 Å². The first-order valence-electron chi connectivity index (χ1n) is 5.78. The Morgan fingerprint density at radius 1 is 1.20 bits per heavy atom. The molecule has 1 nitrogen and oxygen atoms in total. The van der Waals surface area contributed by atoms with Gasteiger partial charge in [-0.25, -0.2) is 0 Å². The van der Waals surface area contributed by atoms with Crippen LogP contribution in [0.3, 0.4) is 0 Å². The molecule has 0 bridgehead atoms. The molecule has 1 saturated carbocycles. The zero-order chi connectivity index (χ0) is 10.3. The van der Waals surface area contributed by atoms with Crippen LogP contribution in [0.4, 0.5) is 0 Å². The Kier molecular flexibility index (Phi) is 2.57. The molecule has 0 amide bonds. The van der Waals surface area contributed by atoms with Gasteiger partial charge in [0.05, 0.1) is 0 Å². The van der Waals surface area contributed by atoms with Gasteiger partial charge in [0.2, 0.25) is 0 Å². The first kappa shape index (κ1) is 9.86. The Bertz CT molecular complexity index is 353. The van der Waals surface area contributed by atoms with Crippen molar-refractivity contribution < 1.29 is 0 Å². The fourth-order valence-electron chi connectivity index (χ4n) is 2.66. The molecular weight excluding hydrogens is 250 g/mol. The Morgan fingerprint density at radius 3 is 2.67 bits per heavy atom. The zero-order valence-electron chi connectivity index (χ0n) is 8.82. The molecule has 0 N–H and O–H groups in total. The van der Waals surface area contributed by atoms with Crippen LogP contribution in [0.15, 0.2) is 28.7 Å². The summed E-state index contributed by atoms with van der Waals surface area (Å²) in [6, 6.07) is 8.57. The molecule has 15 heavy (non-hydrogen) atoms. The zero-order valence-corrected chi connectivity index (χ0v) is 10.4. The minimum absolute atomic E-state index is 1.06. The van der Waals surface area contributed by atoms with Gasteiger partial charge in [-0.2, -0.15) is 0 Å². The molecule has 80 valence electrons. The maximum atomic E-state index is 3.61. The highest BCUT2D eigenvalue weighted by atomic mass is 79.9. The van der Waals surface area contributed by atoms with Gasteiger partial charge in [-0.15, -0.1) is 0 Å². The van der Waals surface area contributed by atoms with E-state index in [4.69, 9.17) is 0 Å². The van der Waals surface area contributed by atoms with Crippen molar-refractivity contribution in [2.45, 2.75) is 12.8 Å². The van der Waals surface area contributed by atoms with E-state index in [9.17, 15) is 0 Å². The van der Waals surface area contributed by atoms with Crippen LogP contribution >= 0.6 is 15.9 Å². The summed E-state index contributed by atoms with van der Waals surface area (Å²) in [5.74, 6) is 2.12. The van der Waals surface area contributed by atoms with Crippen LogP contribution in [-0.4, -0.2) is 24.5 Å². The van der Waals surface area contributed by atoms with Gasteiger partial charge in [-0.3, -0.25) is 0 Å². The molecule has 2 fully saturated rings. The second-order valence-corrected chi connectivity index (χ2v) is 5.71. The Morgan fingerprint density at radius 2 is 1.93 bits per heavy atom. The molecular formula is C13H16BrN. The third-order valence-electron chi connectivity index (χ3n) is 3.71. The fraction of sp³-hybridized carbons (Fsp3) is 0.538. The summed E-state index contributed by atoms with van der Waals surface area (Å²) in [5, 5.41) is 0. The summed E-state index contributed by atoms with van der Waals surface area (Å²) >= 11 is 3.61. The molecule has 3 rings (SSSR count). The first-order chi connectivity index (χ1) is 7.33. The number of fused-ring (bicyclic) bond motifs is 1. The summed E-state index contributed by atoms with van der Waals surface area (Å²) in [6.07, 6.45) is 2.69. The van der Waals surface area contributed by atoms with Gasteiger partial charge in [0.15, 0.2) is 0 Å². The van der Waals surface area contributed by atoms with E-state index in [1.807, 2.05) is 0 Å².